The van der Waals surface area contributed by atoms with Gasteiger partial charge in [0.15, 0.2) is 5.82 Å². The van der Waals surface area contributed by atoms with Crippen LogP contribution in [-0.4, -0.2) is 19.6 Å². The normalized spacial score (nSPS) is 14.9. The molecule has 0 N–H and O–H groups in total. The lowest BCUT2D eigenvalue weighted by Crippen LogP contribution is -1.99. The van der Waals surface area contributed by atoms with E-state index in [1.807, 2.05) is 37.3 Å². The minimum Gasteiger partial charge on any atom is -0.211 e. The van der Waals surface area contributed by atoms with Gasteiger partial charge >= 0.3 is 0 Å². The first-order valence-electron chi connectivity index (χ1n) is 6.72. The van der Waals surface area contributed by atoms with E-state index in [1.165, 1.54) is 12.8 Å². The summed E-state index contributed by atoms with van der Waals surface area (Å²) in [5.41, 5.74) is 2.85. The lowest BCUT2D eigenvalue weighted by atomic mass is 10.1. The van der Waals surface area contributed by atoms with E-state index in [-0.39, 0.29) is 0 Å². The molecule has 0 spiro atoms. The third-order valence-corrected chi connectivity index (χ3v) is 4.10. The first-order valence-corrected chi connectivity index (χ1v) is 7.10. The van der Waals surface area contributed by atoms with Crippen LogP contribution in [-0.2, 0) is 0 Å². The van der Waals surface area contributed by atoms with Crippen LogP contribution in [0.5, 0.6) is 0 Å². The van der Waals surface area contributed by atoms with E-state index in [9.17, 15) is 0 Å². The number of aromatic nitrogens is 4. The molecule has 5 heteroatoms. The van der Waals surface area contributed by atoms with Gasteiger partial charge < -0.3 is 0 Å². The zero-order valence-corrected chi connectivity index (χ0v) is 11.8. The summed E-state index contributed by atoms with van der Waals surface area (Å²) in [4.78, 5) is 9.16. The molecule has 4 nitrogen and oxygen atoms in total. The van der Waals surface area contributed by atoms with Gasteiger partial charge in [-0.25, -0.2) is 4.98 Å². The molecule has 3 aromatic rings. The van der Waals surface area contributed by atoms with E-state index in [1.54, 1.807) is 4.52 Å². The largest absolute Gasteiger partial charge is 0.254 e. The summed E-state index contributed by atoms with van der Waals surface area (Å²) in [6.07, 6.45) is 2.33. The second-order valence-electron chi connectivity index (χ2n) is 5.20. The second kappa shape index (κ2) is 4.28. The molecule has 0 unspecified atom stereocenters. The summed E-state index contributed by atoms with van der Waals surface area (Å²) < 4.78 is 1.65. The quantitative estimate of drug-likeness (QED) is 0.675. The van der Waals surface area contributed by atoms with Gasteiger partial charge in [0.1, 0.15) is 5.15 Å². The van der Waals surface area contributed by atoms with Gasteiger partial charge in [0.25, 0.3) is 5.78 Å². The van der Waals surface area contributed by atoms with E-state index in [2.05, 4.69) is 15.1 Å². The Morgan fingerprint density at radius 2 is 1.90 bits per heavy atom. The molecule has 100 valence electrons. The summed E-state index contributed by atoms with van der Waals surface area (Å²) in [6.45, 7) is 1.97. The number of hydrogen-bond donors (Lipinski definition) is 0. The highest BCUT2D eigenvalue weighted by Gasteiger charge is 2.29. The van der Waals surface area contributed by atoms with Crippen molar-refractivity contribution < 1.29 is 0 Å². The summed E-state index contributed by atoms with van der Waals surface area (Å²) in [5.74, 6) is 1.94. The van der Waals surface area contributed by atoms with Gasteiger partial charge in [0.05, 0.1) is 5.69 Å². The molecule has 2 heterocycles. The second-order valence-corrected chi connectivity index (χ2v) is 5.56. The van der Waals surface area contributed by atoms with Gasteiger partial charge in [0, 0.05) is 17.0 Å². The number of hydrogen-bond acceptors (Lipinski definition) is 3. The third-order valence-electron chi connectivity index (χ3n) is 3.66. The Balaban J connectivity index is 1.96. The zero-order chi connectivity index (χ0) is 13.7. The molecule has 4 rings (SSSR count). The highest BCUT2D eigenvalue weighted by molar-refractivity contribution is 6.30. The van der Waals surface area contributed by atoms with Crippen LogP contribution in [0.3, 0.4) is 0 Å². The smallest absolute Gasteiger partial charge is 0.211 e. The van der Waals surface area contributed by atoms with Crippen molar-refractivity contribution in [1.29, 1.82) is 0 Å². The molecule has 0 bridgehead atoms. The Morgan fingerprint density at radius 3 is 2.60 bits per heavy atom. The van der Waals surface area contributed by atoms with Crippen molar-refractivity contribution in [3.8, 4) is 11.3 Å². The van der Waals surface area contributed by atoms with Crippen molar-refractivity contribution in [2.45, 2.75) is 25.7 Å². The number of nitrogens with zero attached hydrogens (tertiary/aromatic N) is 4. The standard InChI is InChI=1S/C15H13ClN4/c1-9-12(10-5-3-2-4-6-10)17-15-18-14(11-7-8-11)19-20(15)13(9)16/h2-6,11H,7-8H2,1H3. The lowest BCUT2D eigenvalue weighted by Gasteiger charge is -2.07. The maximum Gasteiger partial charge on any atom is 0.254 e. The van der Waals surface area contributed by atoms with E-state index < -0.39 is 0 Å². The van der Waals surface area contributed by atoms with Gasteiger partial charge in [-0.2, -0.15) is 9.50 Å². The Kier molecular flexibility index (Phi) is 2.54. The van der Waals surface area contributed by atoms with Crippen molar-refractivity contribution in [3.05, 3.63) is 46.9 Å². The Hall–Kier alpha value is -1.94. The molecule has 0 atom stereocenters. The Bertz CT molecular complexity index is 790. The summed E-state index contributed by atoms with van der Waals surface area (Å²) in [6, 6.07) is 10.0. The van der Waals surface area contributed by atoms with Crippen LogP contribution < -0.4 is 0 Å². The minimum absolute atomic E-state index is 0.494. The van der Waals surface area contributed by atoms with Crippen LogP contribution in [0.4, 0.5) is 0 Å². The predicted molar refractivity (Wildman–Crippen MR) is 77.9 cm³/mol. The van der Waals surface area contributed by atoms with E-state index in [4.69, 9.17) is 11.6 Å². The molecular formula is C15H13ClN4. The van der Waals surface area contributed by atoms with Gasteiger partial charge in [-0.1, -0.05) is 41.9 Å². The molecule has 1 aromatic carbocycles. The van der Waals surface area contributed by atoms with Crippen molar-refractivity contribution in [1.82, 2.24) is 19.6 Å². The van der Waals surface area contributed by atoms with Crippen molar-refractivity contribution in [3.63, 3.8) is 0 Å². The van der Waals surface area contributed by atoms with Crippen molar-refractivity contribution in [2.75, 3.05) is 0 Å². The molecule has 0 radical (unpaired) electrons. The molecule has 1 aliphatic rings. The van der Waals surface area contributed by atoms with Crippen LogP contribution in [0.25, 0.3) is 17.0 Å². The fourth-order valence-electron chi connectivity index (χ4n) is 2.36. The van der Waals surface area contributed by atoms with Crippen molar-refractivity contribution in [2.24, 2.45) is 0 Å². The number of rotatable bonds is 2. The molecule has 1 aliphatic carbocycles. The molecule has 2 aromatic heterocycles. The molecular weight excluding hydrogens is 272 g/mol. The van der Waals surface area contributed by atoms with Crippen LogP contribution >= 0.6 is 11.6 Å². The van der Waals surface area contributed by atoms with Crippen LogP contribution in [0.15, 0.2) is 30.3 Å². The Morgan fingerprint density at radius 1 is 1.15 bits per heavy atom. The van der Waals surface area contributed by atoms with Gasteiger partial charge in [-0.3, -0.25) is 0 Å². The van der Waals surface area contributed by atoms with Crippen molar-refractivity contribution >= 4 is 17.4 Å². The highest BCUT2D eigenvalue weighted by atomic mass is 35.5. The summed E-state index contributed by atoms with van der Waals surface area (Å²) in [7, 11) is 0. The average molecular weight is 285 g/mol. The van der Waals surface area contributed by atoms with E-state index >= 15 is 0 Å². The maximum absolute atomic E-state index is 6.44. The summed E-state index contributed by atoms with van der Waals surface area (Å²) in [5, 5.41) is 5.07. The molecule has 20 heavy (non-hydrogen) atoms. The molecule has 0 amide bonds. The average Bonchev–Trinajstić information content (AvgIpc) is 3.24. The Labute approximate surface area is 121 Å². The van der Waals surface area contributed by atoms with E-state index in [0.717, 1.165) is 22.6 Å². The van der Waals surface area contributed by atoms with Gasteiger partial charge in [-0.05, 0) is 19.8 Å². The van der Waals surface area contributed by atoms with E-state index in [0.29, 0.717) is 16.8 Å². The van der Waals surface area contributed by atoms with Gasteiger partial charge in [0.2, 0.25) is 0 Å². The predicted octanol–water partition coefficient (Wildman–Crippen LogP) is 3.63. The zero-order valence-electron chi connectivity index (χ0n) is 11.0. The first-order chi connectivity index (χ1) is 9.74. The fourth-order valence-corrected chi connectivity index (χ4v) is 2.56. The fraction of sp³-hybridized carbons (Fsp3) is 0.267. The molecule has 0 saturated heterocycles. The number of benzene rings is 1. The summed E-state index contributed by atoms with van der Waals surface area (Å²) >= 11 is 6.44. The van der Waals surface area contributed by atoms with Crippen LogP contribution in [0, 0.1) is 6.92 Å². The highest BCUT2D eigenvalue weighted by Crippen LogP contribution is 2.38. The minimum atomic E-state index is 0.494. The van der Waals surface area contributed by atoms with Crippen LogP contribution in [0.1, 0.15) is 30.1 Å². The lowest BCUT2D eigenvalue weighted by molar-refractivity contribution is 0.869. The number of halogens is 1. The molecule has 0 aliphatic heterocycles. The van der Waals surface area contributed by atoms with Gasteiger partial charge in [-0.15, -0.1) is 5.10 Å². The maximum atomic E-state index is 6.44. The molecule has 1 fully saturated rings. The van der Waals surface area contributed by atoms with Crippen LogP contribution in [0.2, 0.25) is 5.15 Å². The first kappa shape index (κ1) is 11.9. The third kappa shape index (κ3) is 1.79. The SMILES string of the molecule is Cc1c(-c2ccccc2)nc2nc(C3CC3)nn2c1Cl. The topological polar surface area (TPSA) is 43.1 Å². The number of fused-ring (bicyclic) bond motifs is 1. The monoisotopic (exact) mass is 284 g/mol. The molecule has 1 saturated carbocycles.